The number of amides is 1. The van der Waals surface area contributed by atoms with E-state index >= 15 is 0 Å². The molecule has 0 saturated heterocycles. The number of carbonyl (C=O) groups is 1. The molecule has 1 aliphatic carbocycles. The lowest BCUT2D eigenvalue weighted by Gasteiger charge is -2.28. The first-order chi connectivity index (χ1) is 11.9. The Hall–Kier alpha value is -2.81. The zero-order valence-corrected chi connectivity index (χ0v) is 14.7. The molecule has 0 bridgehead atoms. The summed E-state index contributed by atoms with van der Waals surface area (Å²) in [5.41, 5.74) is 1.91. The Morgan fingerprint density at radius 1 is 1.56 bits per heavy atom. The number of nitrogens with zero attached hydrogens (tertiary/aromatic N) is 2. The normalized spacial score (nSPS) is 17.2. The number of hydrogen-bond donors (Lipinski definition) is 3. The van der Waals surface area contributed by atoms with Crippen LogP contribution in [0.25, 0.3) is 0 Å². The summed E-state index contributed by atoms with van der Waals surface area (Å²) >= 11 is 0. The Kier molecular flexibility index (Phi) is 6.18. The van der Waals surface area contributed by atoms with Crippen molar-refractivity contribution in [1.29, 1.82) is 5.26 Å². The van der Waals surface area contributed by atoms with Gasteiger partial charge in [-0.25, -0.2) is 4.98 Å². The number of aromatic amines is 1. The summed E-state index contributed by atoms with van der Waals surface area (Å²) in [6.45, 7) is 4.80. The van der Waals surface area contributed by atoms with Crippen LogP contribution in [0.2, 0.25) is 0 Å². The number of hydrogen-bond acceptors (Lipinski definition) is 4. The van der Waals surface area contributed by atoms with Crippen LogP contribution in [0.4, 0.5) is 0 Å². The van der Waals surface area contributed by atoms with Gasteiger partial charge in [-0.15, -0.1) is 0 Å². The molecular formula is C19H24N4O2. The number of aliphatic hydroxyl groups excluding tert-OH is 1. The highest BCUT2D eigenvalue weighted by Gasteiger charge is 2.20. The largest absolute Gasteiger partial charge is 0.508 e. The van der Waals surface area contributed by atoms with Gasteiger partial charge in [-0.1, -0.05) is 31.6 Å². The number of aromatic nitrogens is 2. The molecule has 25 heavy (non-hydrogen) atoms. The van der Waals surface area contributed by atoms with Gasteiger partial charge in [0.05, 0.1) is 0 Å². The minimum Gasteiger partial charge on any atom is -0.508 e. The Bertz CT molecular complexity index is 748. The van der Waals surface area contributed by atoms with Crippen molar-refractivity contribution in [2.45, 2.75) is 39.5 Å². The fraction of sp³-hybridized carbons (Fsp3) is 0.421. The second kappa shape index (κ2) is 8.34. The molecule has 1 aromatic heterocycles. The van der Waals surface area contributed by atoms with Crippen LogP contribution in [0.1, 0.15) is 55.8 Å². The molecule has 2 rings (SSSR count). The smallest absolute Gasteiger partial charge is 0.287 e. The molecule has 0 aromatic carbocycles. The van der Waals surface area contributed by atoms with Crippen LogP contribution in [0, 0.1) is 16.7 Å². The molecule has 0 fully saturated rings. The molecule has 1 heterocycles. The van der Waals surface area contributed by atoms with Gasteiger partial charge in [-0.05, 0) is 43.3 Å². The molecule has 1 amide bonds. The fourth-order valence-electron chi connectivity index (χ4n) is 2.52. The molecule has 6 nitrogen and oxygen atoms in total. The molecule has 6 heteroatoms. The molecule has 0 radical (unpaired) electrons. The average Bonchev–Trinajstić information content (AvgIpc) is 3.07. The summed E-state index contributed by atoms with van der Waals surface area (Å²) in [6, 6.07) is 1.85. The molecule has 0 spiro atoms. The topological polar surface area (TPSA) is 102 Å². The lowest BCUT2D eigenvalue weighted by molar-refractivity contribution is 0.0948. The fourth-order valence-corrected chi connectivity index (χ4v) is 2.52. The third kappa shape index (κ3) is 5.96. The van der Waals surface area contributed by atoms with Crippen molar-refractivity contribution < 1.29 is 9.90 Å². The number of H-pyrrole nitrogens is 1. The quantitative estimate of drug-likeness (QED) is 0.419. The lowest BCUT2D eigenvalue weighted by Crippen LogP contribution is -2.24. The maximum atomic E-state index is 11.8. The highest BCUT2D eigenvalue weighted by Crippen LogP contribution is 2.35. The van der Waals surface area contributed by atoms with Crippen LogP contribution in [0.15, 0.2) is 41.8 Å². The number of carbonyl (C=O) groups excluding carboxylic acids is 1. The summed E-state index contributed by atoms with van der Waals surface area (Å²) in [5.74, 6) is -0.119. The molecule has 0 atom stereocenters. The van der Waals surface area contributed by atoms with Crippen molar-refractivity contribution in [3.05, 3.63) is 53.4 Å². The van der Waals surface area contributed by atoms with E-state index in [1.165, 1.54) is 18.2 Å². The van der Waals surface area contributed by atoms with E-state index in [0.717, 1.165) is 19.3 Å². The lowest BCUT2D eigenvalue weighted by atomic mass is 9.78. The van der Waals surface area contributed by atoms with Crippen LogP contribution in [-0.2, 0) is 0 Å². The minimum absolute atomic E-state index is 0.0943. The van der Waals surface area contributed by atoms with Crippen LogP contribution in [0.3, 0.4) is 0 Å². The molecule has 0 saturated carbocycles. The van der Waals surface area contributed by atoms with Crippen molar-refractivity contribution in [2.75, 3.05) is 6.54 Å². The molecular weight excluding hydrogens is 316 g/mol. The Morgan fingerprint density at radius 2 is 2.36 bits per heavy atom. The number of nitrogens with one attached hydrogen (secondary N) is 2. The Labute approximate surface area is 148 Å². The first-order valence-corrected chi connectivity index (χ1v) is 8.37. The SMILES string of the molecule is CC1(C)CC=C(C/C=C(O)\C=C/CNC(=O)c2nc(C#N)c[nH]2)CC1. The van der Waals surface area contributed by atoms with Gasteiger partial charge in [0.15, 0.2) is 11.5 Å². The molecule has 1 aliphatic rings. The van der Waals surface area contributed by atoms with Crippen LogP contribution < -0.4 is 5.32 Å². The van der Waals surface area contributed by atoms with Gasteiger partial charge in [0.1, 0.15) is 11.8 Å². The van der Waals surface area contributed by atoms with Gasteiger partial charge in [-0.2, -0.15) is 5.26 Å². The summed E-state index contributed by atoms with van der Waals surface area (Å²) in [4.78, 5) is 18.2. The predicted octanol–water partition coefficient (Wildman–Crippen LogP) is 3.54. The van der Waals surface area contributed by atoms with Crippen molar-refractivity contribution in [3.63, 3.8) is 0 Å². The van der Waals surface area contributed by atoms with Gasteiger partial charge in [0.2, 0.25) is 0 Å². The van der Waals surface area contributed by atoms with Crippen molar-refractivity contribution in [3.8, 4) is 6.07 Å². The molecule has 0 unspecified atom stereocenters. The highest BCUT2D eigenvalue weighted by atomic mass is 16.3. The molecule has 1 aromatic rings. The van der Waals surface area contributed by atoms with E-state index < -0.39 is 5.91 Å². The minimum atomic E-state index is -0.399. The molecule has 0 aliphatic heterocycles. The van der Waals surface area contributed by atoms with Crippen LogP contribution in [-0.4, -0.2) is 27.5 Å². The number of allylic oxidation sites excluding steroid dienone is 4. The third-order valence-corrected chi connectivity index (χ3v) is 4.22. The van der Waals surface area contributed by atoms with Gasteiger partial charge in [0.25, 0.3) is 5.91 Å². The predicted molar refractivity (Wildman–Crippen MR) is 95.8 cm³/mol. The zero-order chi connectivity index (χ0) is 18.3. The first kappa shape index (κ1) is 18.5. The maximum absolute atomic E-state index is 11.8. The number of nitriles is 1. The summed E-state index contributed by atoms with van der Waals surface area (Å²) in [6.07, 6.45) is 12.7. The van der Waals surface area contributed by atoms with Crippen molar-refractivity contribution in [1.82, 2.24) is 15.3 Å². The van der Waals surface area contributed by atoms with Crippen LogP contribution >= 0.6 is 0 Å². The molecule has 132 valence electrons. The standard InChI is InChI=1S/C19H24N4O2/c1-19(2)9-7-14(8-10-19)5-6-16(24)4-3-11-21-18(25)17-22-13-15(12-20)23-17/h3-4,6-7,13,24H,5,8-11H2,1-2H3,(H,21,25)(H,22,23)/b4-3-,16-6+. The van der Waals surface area contributed by atoms with Gasteiger partial charge >= 0.3 is 0 Å². The zero-order valence-electron chi connectivity index (χ0n) is 14.7. The van der Waals surface area contributed by atoms with E-state index in [2.05, 4.69) is 35.2 Å². The Balaban J connectivity index is 1.75. The maximum Gasteiger partial charge on any atom is 0.287 e. The summed E-state index contributed by atoms with van der Waals surface area (Å²) in [7, 11) is 0. The first-order valence-electron chi connectivity index (χ1n) is 8.37. The summed E-state index contributed by atoms with van der Waals surface area (Å²) in [5, 5.41) is 21.2. The van der Waals surface area contributed by atoms with Crippen molar-refractivity contribution >= 4 is 5.91 Å². The van der Waals surface area contributed by atoms with E-state index in [-0.39, 0.29) is 23.8 Å². The van der Waals surface area contributed by atoms with E-state index in [1.807, 2.05) is 6.07 Å². The molecule has 3 N–H and O–H groups in total. The number of aliphatic hydroxyl groups is 1. The summed E-state index contributed by atoms with van der Waals surface area (Å²) < 4.78 is 0. The van der Waals surface area contributed by atoms with Crippen LogP contribution in [0.5, 0.6) is 0 Å². The Morgan fingerprint density at radius 3 is 3.00 bits per heavy atom. The number of imidazole rings is 1. The van der Waals surface area contributed by atoms with E-state index in [9.17, 15) is 9.90 Å². The van der Waals surface area contributed by atoms with Crippen molar-refractivity contribution in [2.24, 2.45) is 5.41 Å². The van der Waals surface area contributed by atoms with E-state index in [0.29, 0.717) is 5.41 Å². The highest BCUT2D eigenvalue weighted by molar-refractivity contribution is 5.90. The van der Waals surface area contributed by atoms with Gasteiger partial charge in [0, 0.05) is 12.7 Å². The monoisotopic (exact) mass is 340 g/mol. The second-order valence-corrected chi connectivity index (χ2v) is 6.92. The van der Waals surface area contributed by atoms with E-state index in [1.54, 1.807) is 18.2 Å². The van der Waals surface area contributed by atoms with E-state index in [4.69, 9.17) is 5.26 Å². The average molecular weight is 340 g/mol. The number of rotatable bonds is 6. The van der Waals surface area contributed by atoms with Gasteiger partial charge in [-0.3, -0.25) is 4.79 Å². The van der Waals surface area contributed by atoms with Gasteiger partial charge < -0.3 is 15.4 Å². The third-order valence-electron chi connectivity index (χ3n) is 4.22. The second-order valence-electron chi connectivity index (χ2n) is 6.92.